The molecule has 0 aromatic carbocycles. The summed E-state index contributed by atoms with van der Waals surface area (Å²) in [6.07, 6.45) is 0. The van der Waals surface area contributed by atoms with Crippen molar-refractivity contribution in [3.63, 3.8) is 0 Å². The lowest BCUT2D eigenvalue weighted by molar-refractivity contribution is 0.0318. The topological polar surface area (TPSA) is 74.9 Å². The van der Waals surface area contributed by atoms with Gasteiger partial charge in [-0.05, 0) is 11.4 Å². The van der Waals surface area contributed by atoms with Gasteiger partial charge in [-0.2, -0.15) is 16.3 Å². The SMILES string of the molecule is OCCN(CCN1CCOCC1)Cc1noc(-c2ccsc2)n1. The molecule has 3 rings (SSSR count). The normalized spacial score (nSPS) is 16.3. The molecule has 23 heavy (non-hydrogen) atoms. The molecule has 3 heterocycles. The third-order valence-corrected chi connectivity index (χ3v) is 4.54. The maximum absolute atomic E-state index is 9.27. The Morgan fingerprint density at radius 1 is 1.30 bits per heavy atom. The van der Waals surface area contributed by atoms with Gasteiger partial charge in [0.2, 0.25) is 0 Å². The quantitative estimate of drug-likeness (QED) is 0.767. The Bertz CT molecular complexity index is 569. The highest BCUT2D eigenvalue weighted by atomic mass is 32.1. The van der Waals surface area contributed by atoms with Gasteiger partial charge in [-0.1, -0.05) is 5.16 Å². The van der Waals surface area contributed by atoms with Gasteiger partial charge in [-0.3, -0.25) is 9.80 Å². The van der Waals surface area contributed by atoms with E-state index in [9.17, 15) is 5.11 Å². The lowest BCUT2D eigenvalue weighted by Gasteiger charge is -2.29. The zero-order valence-electron chi connectivity index (χ0n) is 13.1. The van der Waals surface area contributed by atoms with Crippen LogP contribution in [0.2, 0.25) is 0 Å². The van der Waals surface area contributed by atoms with Gasteiger partial charge >= 0.3 is 0 Å². The highest BCUT2D eigenvalue weighted by Crippen LogP contribution is 2.20. The average Bonchev–Trinajstić information content (AvgIpc) is 3.25. The third kappa shape index (κ3) is 4.82. The van der Waals surface area contributed by atoms with Crippen LogP contribution in [0.4, 0.5) is 0 Å². The minimum absolute atomic E-state index is 0.123. The fraction of sp³-hybridized carbons (Fsp3) is 0.600. The summed E-state index contributed by atoms with van der Waals surface area (Å²) in [4.78, 5) is 8.97. The highest BCUT2D eigenvalue weighted by Gasteiger charge is 2.15. The summed E-state index contributed by atoms with van der Waals surface area (Å²) in [7, 11) is 0. The molecule has 126 valence electrons. The predicted octanol–water partition coefficient (Wildman–Crippen LogP) is 0.925. The zero-order chi connectivity index (χ0) is 15.9. The molecule has 1 fully saturated rings. The van der Waals surface area contributed by atoms with E-state index in [1.54, 1.807) is 11.3 Å². The minimum Gasteiger partial charge on any atom is -0.395 e. The van der Waals surface area contributed by atoms with Crippen molar-refractivity contribution in [3.8, 4) is 11.5 Å². The molecule has 0 unspecified atom stereocenters. The van der Waals surface area contributed by atoms with Gasteiger partial charge in [0, 0.05) is 38.1 Å². The number of hydrogen-bond donors (Lipinski definition) is 1. The second-order valence-electron chi connectivity index (χ2n) is 5.48. The summed E-state index contributed by atoms with van der Waals surface area (Å²) < 4.78 is 10.7. The summed E-state index contributed by atoms with van der Waals surface area (Å²) in [5.41, 5.74) is 0.954. The van der Waals surface area contributed by atoms with Crippen molar-refractivity contribution >= 4 is 11.3 Å². The Hall–Kier alpha value is -1.32. The van der Waals surface area contributed by atoms with Crippen LogP contribution < -0.4 is 0 Å². The van der Waals surface area contributed by atoms with E-state index >= 15 is 0 Å². The summed E-state index contributed by atoms with van der Waals surface area (Å²) in [5, 5.41) is 17.3. The molecule has 1 aliphatic rings. The predicted molar refractivity (Wildman–Crippen MR) is 87.2 cm³/mol. The molecule has 0 amide bonds. The highest BCUT2D eigenvalue weighted by molar-refractivity contribution is 7.08. The van der Waals surface area contributed by atoms with E-state index in [-0.39, 0.29) is 6.61 Å². The van der Waals surface area contributed by atoms with Crippen LogP contribution in [0.3, 0.4) is 0 Å². The Labute approximate surface area is 139 Å². The van der Waals surface area contributed by atoms with Crippen molar-refractivity contribution in [2.45, 2.75) is 6.54 Å². The third-order valence-electron chi connectivity index (χ3n) is 3.85. The number of morpholine rings is 1. The standard InChI is InChI=1S/C15H22N4O3S/c20-7-4-19(3-2-18-5-8-21-9-6-18)11-14-16-15(22-17-14)13-1-10-23-12-13/h1,10,12,20H,2-9,11H2. The van der Waals surface area contributed by atoms with E-state index in [1.165, 1.54) is 0 Å². The van der Waals surface area contributed by atoms with E-state index in [2.05, 4.69) is 19.9 Å². The molecule has 2 aromatic heterocycles. The molecule has 0 saturated carbocycles. The van der Waals surface area contributed by atoms with Crippen molar-refractivity contribution in [2.24, 2.45) is 0 Å². The molecule has 1 aliphatic heterocycles. The van der Waals surface area contributed by atoms with Gasteiger partial charge in [0.15, 0.2) is 5.82 Å². The molecule has 0 radical (unpaired) electrons. The number of hydrogen-bond acceptors (Lipinski definition) is 8. The molecule has 7 nitrogen and oxygen atoms in total. The number of aliphatic hydroxyl groups is 1. The van der Waals surface area contributed by atoms with Crippen molar-refractivity contribution in [1.82, 2.24) is 19.9 Å². The van der Waals surface area contributed by atoms with E-state index in [1.807, 2.05) is 16.8 Å². The van der Waals surface area contributed by atoms with Crippen molar-refractivity contribution in [3.05, 3.63) is 22.7 Å². The van der Waals surface area contributed by atoms with Crippen molar-refractivity contribution in [1.29, 1.82) is 0 Å². The first-order valence-corrected chi connectivity index (χ1v) is 8.78. The average molecular weight is 338 g/mol. The van der Waals surface area contributed by atoms with Crippen LogP contribution in [0, 0.1) is 0 Å². The molecule has 1 N–H and O–H groups in total. The van der Waals surface area contributed by atoms with Gasteiger partial charge in [-0.25, -0.2) is 0 Å². The van der Waals surface area contributed by atoms with Crippen LogP contribution in [0.15, 0.2) is 21.3 Å². The summed E-state index contributed by atoms with van der Waals surface area (Å²) in [5.74, 6) is 1.21. The Balaban J connectivity index is 1.54. The fourth-order valence-electron chi connectivity index (χ4n) is 2.54. The zero-order valence-corrected chi connectivity index (χ0v) is 13.9. The van der Waals surface area contributed by atoms with E-state index in [4.69, 9.17) is 9.26 Å². The summed E-state index contributed by atoms with van der Waals surface area (Å²) >= 11 is 1.60. The number of rotatable bonds is 8. The van der Waals surface area contributed by atoms with Crippen molar-refractivity contribution < 1.29 is 14.4 Å². The van der Waals surface area contributed by atoms with Gasteiger partial charge < -0.3 is 14.4 Å². The first-order chi connectivity index (χ1) is 11.3. The Kier molecular flexibility index (Phi) is 6.12. The molecule has 0 aliphatic carbocycles. The van der Waals surface area contributed by atoms with Gasteiger partial charge in [0.1, 0.15) is 0 Å². The minimum atomic E-state index is 0.123. The Morgan fingerprint density at radius 2 is 2.17 bits per heavy atom. The summed E-state index contributed by atoms with van der Waals surface area (Å²) in [6, 6.07) is 1.96. The van der Waals surface area contributed by atoms with Gasteiger partial charge in [-0.15, -0.1) is 0 Å². The molecule has 0 spiro atoms. The number of ether oxygens (including phenoxy) is 1. The van der Waals surface area contributed by atoms with Gasteiger partial charge in [0.25, 0.3) is 5.89 Å². The molecule has 0 bridgehead atoms. The van der Waals surface area contributed by atoms with Crippen molar-refractivity contribution in [2.75, 3.05) is 52.5 Å². The monoisotopic (exact) mass is 338 g/mol. The van der Waals surface area contributed by atoms with Crippen LogP contribution in [-0.2, 0) is 11.3 Å². The number of thiophene rings is 1. The first-order valence-electron chi connectivity index (χ1n) is 7.83. The van der Waals surface area contributed by atoms with Crippen LogP contribution in [0.25, 0.3) is 11.5 Å². The Morgan fingerprint density at radius 3 is 2.91 bits per heavy atom. The van der Waals surface area contributed by atoms with Crippen LogP contribution in [0.5, 0.6) is 0 Å². The number of aliphatic hydroxyl groups excluding tert-OH is 1. The molecular formula is C15H22N4O3S. The van der Waals surface area contributed by atoms with E-state index in [0.717, 1.165) is 45.0 Å². The molecule has 0 atom stereocenters. The second-order valence-corrected chi connectivity index (χ2v) is 6.26. The van der Waals surface area contributed by atoms with E-state index < -0.39 is 0 Å². The lowest BCUT2D eigenvalue weighted by Crippen LogP contribution is -2.42. The maximum Gasteiger partial charge on any atom is 0.258 e. The van der Waals surface area contributed by atoms with Gasteiger partial charge in [0.05, 0.1) is 31.9 Å². The number of aromatic nitrogens is 2. The lowest BCUT2D eigenvalue weighted by atomic mass is 10.3. The second kappa shape index (κ2) is 8.51. The van der Waals surface area contributed by atoms with E-state index in [0.29, 0.717) is 24.8 Å². The largest absolute Gasteiger partial charge is 0.395 e. The fourth-order valence-corrected chi connectivity index (χ4v) is 3.17. The molecular weight excluding hydrogens is 316 g/mol. The molecule has 2 aromatic rings. The molecule has 8 heteroatoms. The van der Waals surface area contributed by atoms with Crippen LogP contribution in [-0.4, -0.2) is 77.6 Å². The first kappa shape index (κ1) is 16.5. The number of nitrogens with zero attached hydrogens (tertiary/aromatic N) is 4. The van der Waals surface area contributed by atoms with Crippen LogP contribution in [0.1, 0.15) is 5.82 Å². The smallest absolute Gasteiger partial charge is 0.258 e. The summed E-state index contributed by atoms with van der Waals surface area (Å²) in [6.45, 7) is 6.67. The molecule has 1 saturated heterocycles. The maximum atomic E-state index is 9.27. The van der Waals surface area contributed by atoms with Crippen LogP contribution >= 0.6 is 11.3 Å².